The molecule has 1 amide bonds. The number of amides is 1. The van der Waals surface area contributed by atoms with Crippen LogP contribution in [0.2, 0.25) is 0 Å². The number of carbonyl (C=O) groups excluding carboxylic acids is 1. The zero-order valence-corrected chi connectivity index (χ0v) is 9.77. The predicted octanol–water partition coefficient (Wildman–Crippen LogP) is 2.71. The molecule has 88 valence electrons. The molecule has 15 heavy (non-hydrogen) atoms. The van der Waals surface area contributed by atoms with E-state index in [1.165, 1.54) is 0 Å². The Morgan fingerprint density at radius 1 is 1.40 bits per heavy atom. The standard InChI is InChI=1S/C9H13BrF3NO/c10-5-6-14(7-1-2-7)8(15)3-4-9(11,12)13/h7H,1-6H2. The van der Waals surface area contributed by atoms with Gasteiger partial charge in [0.1, 0.15) is 0 Å². The van der Waals surface area contributed by atoms with Gasteiger partial charge in [0, 0.05) is 24.3 Å². The van der Waals surface area contributed by atoms with E-state index in [1.807, 2.05) is 0 Å². The molecule has 0 unspecified atom stereocenters. The van der Waals surface area contributed by atoms with Gasteiger partial charge in [-0.1, -0.05) is 15.9 Å². The summed E-state index contributed by atoms with van der Waals surface area (Å²) in [5.41, 5.74) is 0. The van der Waals surface area contributed by atoms with Crippen LogP contribution in [0.4, 0.5) is 13.2 Å². The highest BCUT2D eigenvalue weighted by Gasteiger charge is 2.34. The van der Waals surface area contributed by atoms with Crippen molar-refractivity contribution >= 4 is 21.8 Å². The van der Waals surface area contributed by atoms with Gasteiger partial charge in [0.05, 0.1) is 6.42 Å². The van der Waals surface area contributed by atoms with E-state index in [0.717, 1.165) is 12.8 Å². The molecule has 1 aliphatic carbocycles. The zero-order chi connectivity index (χ0) is 11.5. The summed E-state index contributed by atoms with van der Waals surface area (Å²) in [6.07, 6.45) is -3.83. The fraction of sp³-hybridized carbons (Fsp3) is 0.889. The first-order valence-electron chi connectivity index (χ1n) is 4.86. The summed E-state index contributed by atoms with van der Waals surface area (Å²) in [5, 5.41) is 0.612. The molecule has 1 aliphatic rings. The molecule has 0 aromatic heterocycles. The van der Waals surface area contributed by atoms with Gasteiger partial charge in [-0.25, -0.2) is 0 Å². The summed E-state index contributed by atoms with van der Waals surface area (Å²) in [5.74, 6) is -0.380. The van der Waals surface area contributed by atoms with Gasteiger partial charge in [-0.3, -0.25) is 4.79 Å². The Morgan fingerprint density at radius 2 is 2.00 bits per heavy atom. The first-order valence-corrected chi connectivity index (χ1v) is 5.98. The van der Waals surface area contributed by atoms with Gasteiger partial charge in [-0.15, -0.1) is 0 Å². The zero-order valence-electron chi connectivity index (χ0n) is 8.19. The highest BCUT2D eigenvalue weighted by molar-refractivity contribution is 9.09. The predicted molar refractivity (Wildman–Crippen MR) is 53.8 cm³/mol. The second-order valence-corrected chi connectivity index (χ2v) is 4.42. The Bertz CT molecular complexity index is 228. The van der Waals surface area contributed by atoms with Gasteiger partial charge in [0.2, 0.25) is 5.91 Å². The van der Waals surface area contributed by atoms with Crippen molar-refractivity contribution in [3.8, 4) is 0 Å². The second-order valence-electron chi connectivity index (χ2n) is 3.62. The van der Waals surface area contributed by atoms with Crippen molar-refractivity contribution in [3.05, 3.63) is 0 Å². The number of hydrogen-bond donors (Lipinski definition) is 0. The van der Waals surface area contributed by atoms with Crippen LogP contribution < -0.4 is 0 Å². The molecular weight excluding hydrogens is 275 g/mol. The average molecular weight is 288 g/mol. The third-order valence-corrected chi connectivity index (χ3v) is 2.61. The van der Waals surface area contributed by atoms with E-state index in [2.05, 4.69) is 15.9 Å². The van der Waals surface area contributed by atoms with Gasteiger partial charge in [0.15, 0.2) is 0 Å². The summed E-state index contributed by atoms with van der Waals surface area (Å²) < 4.78 is 35.7. The van der Waals surface area contributed by atoms with E-state index in [1.54, 1.807) is 4.90 Å². The van der Waals surface area contributed by atoms with E-state index in [0.29, 0.717) is 11.9 Å². The van der Waals surface area contributed by atoms with Crippen LogP contribution in [0.3, 0.4) is 0 Å². The molecule has 6 heteroatoms. The van der Waals surface area contributed by atoms with Crippen LogP contribution in [0, 0.1) is 0 Å². The van der Waals surface area contributed by atoms with Crippen LogP contribution in [-0.4, -0.2) is 34.9 Å². The van der Waals surface area contributed by atoms with E-state index in [9.17, 15) is 18.0 Å². The highest BCUT2D eigenvalue weighted by Crippen LogP contribution is 2.29. The van der Waals surface area contributed by atoms with Gasteiger partial charge >= 0.3 is 6.18 Å². The van der Waals surface area contributed by atoms with Crippen LogP contribution >= 0.6 is 15.9 Å². The first-order chi connectivity index (χ1) is 6.94. The van der Waals surface area contributed by atoms with Crippen LogP contribution in [0.25, 0.3) is 0 Å². The quantitative estimate of drug-likeness (QED) is 0.712. The number of alkyl halides is 4. The molecule has 1 rings (SSSR count). The Morgan fingerprint density at radius 3 is 2.40 bits per heavy atom. The molecule has 0 saturated heterocycles. The fourth-order valence-electron chi connectivity index (χ4n) is 1.38. The molecule has 1 saturated carbocycles. The fourth-order valence-corrected chi connectivity index (χ4v) is 1.76. The van der Waals surface area contributed by atoms with E-state index in [-0.39, 0.29) is 11.9 Å². The monoisotopic (exact) mass is 287 g/mol. The second kappa shape index (κ2) is 5.18. The Hall–Kier alpha value is -0.260. The molecule has 0 atom stereocenters. The van der Waals surface area contributed by atoms with Crippen molar-refractivity contribution in [3.63, 3.8) is 0 Å². The third-order valence-electron chi connectivity index (χ3n) is 2.26. The highest BCUT2D eigenvalue weighted by atomic mass is 79.9. The van der Waals surface area contributed by atoms with Crippen molar-refractivity contribution in [2.45, 2.75) is 37.9 Å². The minimum absolute atomic E-state index is 0.184. The summed E-state index contributed by atoms with van der Waals surface area (Å²) in [4.78, 5) is 13.0. The molecule has 0 aromatic rings. The molecule has 0 spiro atoms. The third kappa shape index (κ3) is 4.86. The molecule has 0 aromatic carbocycles. The largest absolute Gasteiger partial charge is 0.389 e. The Balaban J connectivity index is 2.35. The summed E-state index contributed by atoms with van der Waals surface area (Å²) in [6, 6.07) is 0.184. The Labute approximate surface area is 94.9 Å². The maximum Gasteiger partial charge on any atom is 0.389 e. The lowest BCUT2D eigenvalue weighted by atomic mass is 10.2. The molecule has 2 nitrogen and oxygen atoms in total. The number of nitrogens with zero attached hydrogens (tertiary/aromatic N) is 1. The number of carbonyl (C=O) groups is 1. The average Bonchev–Trinajstić information content (AvgIpc) is 2.92. The summed E-state index contributed by atoms with van der Waals surface area (Å²) in [6.45, 7) is 0.501. The normalized spacial score (nSPS) is 16.5. The minimum Gasteiger partial charge on any atom is -0.339 e. The van der Waals surface area contributed by atoms with Gasteiger partial charge < -0.3 is 4.90 Å². The summed E-state index contributed by atoms with van der Waals surface area (Å²) in [7, 11) is 0. The lowest BCUT2D eigenvalue weighted by Gasteiger charge is -2.21. The van der Waals surface area contributed by atoms with Crippen LogP contribution in [-0.2, 0) is 4.79 Å². The molecule has 0 heterocycles. The van der Waals surface area contributed by atoms with Crippen molar-refractivity contribution in [2.75, 3.05) is 11.9 Å². The maximum absolute atomic E-state index is 11.9. The van der Waals surface area contributed by atoms with Crippen LogP contribution in [0.1, 0.15) is 25.7 Å². The van der Waals surface area contributed by atoms with E-state index in [4.69, 9.17) is 0 Å². The van der Waals surface area contributed by atoms with Crippen molar-refractivity contribution in [1.82, 2.24) is 4.90 Å². The van der Waals surface area contributed by atoms with E-state index < -0.39 is 19.0 Å². The minimum atomic E-state index is -4.24. The molecule has 0 N–H and O–H groups in total. The van der Waals surface area contributed by atoms with E-state index >= 15 is 0 Å². The SMILES string of the molecule is O=C(CCC(F)(F)F)N(CCBr)C1CC1. The molecular formula is C9H13BrF3NO. The van der Waals surface area contributed by atoms with Crippen molar-refractivity contribution in [2.24, 2.45) is 0 Å². The number of halogens is 4. The van der Waals surface area contributed by atoms with Crippen LogP contribution in [0.5, 0.6) is 0 Å². The van der Waals surface area contributed by atoms with Gasteiger partial charge in [-0.05, 0) is 12.8 Å². The Kier molecular flexibility index (Phi) is 4.43. The maximum atomic E-state index is 11.9. The molecule has 0 radical (unpaired) electrons. The smallest absolute Gasteiger partial charge is 0.339 e. The van der Waals surface area contributed by atoms with Gasteiger partial charge in [-0.2, -0.15) is 13.2 Å². The van der Waals surface area contributed by atoms with Crippen LogP contribution in [0.15, 0.2) is 0 Å². The molecule has 0 bridgehead atoms. The first kappa shape index (κ1) is 12.8. The number of rotatable bonds is 5. The summed E-state index contributed by atoms with van der Waals surface area (Å²) >= 11 is 3.19. The van der Waals surface area contributed by atoms with Gasteiger partial charge in [0.25, 0.3) is 0 Å². The number of hydrogen-bond acceptors (Lipinski definition) is 1. The lowest BCUT2D eigenvalue weighted by Crippen LogP contribution is -2.35. The van der Waals surface area contributed by atoms with Crippen molar-refractivity contribution in [1.29, 1.82) is 0 Å². The topological polar surface area (TPSA) is 20.3 Å². The molecule has 1 fully saturated rings. The van der Waals surface area contributed by atoms with Crippen molar-refractivity contribution < 1.29 is 18.0 Å². The lowest BCUT2D eigenvalue weighted by molar-refractivity contribution is -0.149. The molecule has 0 aliphatic heterocycles.